The average Bonchev–Trinajstić information content (AvgIpc) is 3.34. The van der Waals surface area contributed by atoms with Crippen molar-refractivity contribution >= 4 is 37.4 Å². The summed E-state index contributed by atoms with van der Waals surface area (Å²) in [6.45, 7) is 0. The minimum absolute atomic E-state index is 0.179. The molecule has 0 bridgehead atoms. The molecule has 0 aromatic heterocycles. The number of halogens is 2. The minimum Gasteiger partial charge on any atom is -0.0821 e. The lowest BCUT2D eigenvalue weighted by Gasteiger charge is -2.51. The third-order valence-corrected chi connectivity index (χ3v) is 9.01. The van der Waals surface area contributed by atoms with Crippen molar-refractivity contribution in [2.45, 2.75) is 10.2 Å². The third-order valence-electron chi connectivity index (χ3n) is 7.40. The molecule has 0 saturated heterocycles. The second-order valence-electron chi connectivity index (χ2n) is 8.66. The highest BCUT2D eigenvalue weighted by molar-refractivity contribution is 9.11. The van der Waals surface area contributed by atoms with Crippen LogP contribution in [0.5, 0.6) is 0 Å². The van der Waals surface area contributed by atoms with E-state index >= 15 is 0 Å². The van der Waals surface area contributed by atoms with Gasteiger partial charge in [0, 0.05) is 0 Å². The Morgan fingerprint density at radius 3 is 1.44 bits per heavy atom. The van der Waals surface area contributed by atoms with E-state index in [-0.39, 0.29) is 10.2 Å². The van der Waals surface area contributed by atoms with Gasteiger partial charge in [-0.05, 0) is 66.2 Å². The molecule has 1 spiro atoms. The zero-order valence-corrected chi connectivity index (χ0v) is 20.3. The molecule has 1 fully saturated rings. The lowest BCUT2D eigenvalue weighted by atomic mass is 9.55. The van der Waals surface area contributed by atoms with E-state index in [0.717, 1.165) is 0 Å². The maximum Gasteiger partial charge on any atom is 0.0637 e. The highest BCUT2D eigenvalue weighted by Gasteiger charge is 2.61. The van der Waals surface area contributed by atoms with Gasteiger partial charge in [-0.15, -0.1) is 0 Å². The van der Waals surface area contributed by atoms with Gasteiger partial charge in [0.05, 0.1) is 10.2 Å². The van der Waals surface area contributed by atoms with Crippen molar-refractivity contribution in [1.82, 2.24) is 0 Å². The summed E-state index contributed by atoms with van der Waals surface area (Å²) < 4.78 is 0. The summed E-state index contributed by atoms with van der Waals surface area (Å²) in [5.41, 5.74) is 14.7. The van der Waals surface area contributed by atoms with Crippen LogP contribution in [0, 0.1) is 0 Å². The molecule has 0 nitrogen and oxygen atoms in total. The monoisotopic (exact) mass is 536 g/mol. The molecule has 1 unspecified atom stereocenters. The van der Waals surface area contributed by atoms with E-state index in [1.807, 2.05) is 0 Å². The normalized spacial score (nSPS) is 20.1. The van der Waals surface area contributed by atoms with Gasteiger partial charge in [-0.25, -0.2) is 0 Å². The van der Waals surface area contributed by atoms with Gasteiger partial charge in [-0.1, -0.05) is 129 Å². The molecule has 2 heteroatoms. The van der Waals surface area contributed by atoms with Crippen LogP contribution < -0.4 is 0 Å². The van der Waals surface area contributed by atoms with Crippen molar-refractivity contribution in [3.05, 3.63) is 135 Å². The average molecular weight is 538 g/mol. The quantitative estimate of drug-likeness (QED) is 0.174. The van der Waals surface area contributed by atoms with Gasteiger partial charge < -0.3 is 0 Å². The maximum atomic E-state index is 4.23. The Bertz CT molecular complexity index is 1410. The molecular weight excluding hydrogens is 520 g/mol. The number of hydrogen-bond donors (Lipinski definition) is 0. The second kappa shape index (κ2) is 6.66. The topological polar surface area (TPSA) is 0 Å². The lowest BCUT2D eigenvalue weighted by molar-refractivity contribution is 0.563. The molecule has 32 heavy (non-hydrogen) atoms. The number of allylic oxidation sites excluding steroid dienone is 2. The second-order valence-corrected chi connectivity index (χ2v) is 10.0. The molecule has 3 aliphatic rings. The van der Waals surface area contributed by atoms with Crippen LogP contribution in [0.25, 0.3) is 27.8 Å². The van der Waals surface area contributed by atoms with Crippen LogP contribution in [0.2, 0.25) is 0 Å². The van der Waals surface area contributed by atoms with Crippen molar-refractivity contribution in [1.29, 1.82) is 0 Å². The van der Waals surface area contributed by atoms with Crippen molar-refractivity contribution in [2.24, 2.45) is 0 Å². The SMILES string of the molecule is BrC=C1C(=C2c3ccccc3-c3ccccc32)C(Br)C12c1ccccc1-c1ccccc12. The van der Waals surface area contributed by atoms with E-state index < -0.39 is 0 Å². The van der Waals surface area contributed by atoms with E-state index in [1.54, 1.807) is 0 Å². The Hall–Kier alpha value is -2.68. The molecular formula is C30H18Br2. The number of fused-ring (bicyclic) bond motifs is 8. The fourth-order valence-corrected chi connectivity index (χ4v) is 7.99. The molecule has 0 N–H and O–H groups in total. The first-order valence-electron chi connectivity index (χ1n) is 10.9. The lowest BCUT2D eigenvalue weighted by Crippen LogP contribution is -2.50. The van der Waals surface area contributed by atoms with Crippen LogP contribution in [-0.2, 0) is 5.41 Å². The van der Waals surface area contributed by atoms with Gasteiger partial charge in [0.2, 0.25) is 0 Å². The minimum atomic E-state index is -0.189. The highest BCUT2D eigenvalue weighted by atomic mass is 79.9. The van der Waals surface area contributed by atoms with Gasteiger partial charge in [-0.2, -0.15) is 0 Å². The molecule has 0 heterocycles. The molecule has 4 aromatic carbocycles. The third kappa shape index (κ3) is 2.08. The van der Waals surface area contributed by atoms with Crippen LogP contribution in [0.4, 0.5) is 0 Å². The van der Waals surface area contributed by atoms with Crippen LogP contribution in [-0.4, -0.2) is 4.83 Å². The fourth-order valence-electron chi connectivity index (χ4n) is 6.17. The Balaban J connectivity index is 1.56. The molecule has 4 aromatic rings. The van der Waals surface area contributed by atoms with Crippen molar-refractivity contribution in [2.75, 3.05) is 0 Å². The van der Waals surface area contributed by atoms with Crippen LogP contribution in [0.15, 0.2) is 113 Å². The summed E-state index contributed by atoms with van der Waals surface area (Å²) in [7, 11) is 0. The zero-order valence-electron chi connectivity index (χ0n) is 17.1. The fraction of sp³-hybridized carbons (Fsp3) is 0.0667. The molecule has 7 rings (SSSR count). The van der Waals surface area contributed by atoms with Gasteiger partial charge in [-0.3, -0.25) is 0 Å². The molecule has 1 saturated carbocycles. The van der Waals surface area contributed by atoms with Gasteiger partial charge in [0.15, 0.2) is 0 Å². The highest BCUT2D eigenvalue weighted by Crippen LogP contribution is 2.68. The molecule has 3 aliphatic carbocycles. The Morgan fingerprint density at radius 2 is 0.969 bits per heavy atom. The number of rotatable bonds is 0. The van der Waals surface area contributed by atoms with Crippen LogP contribution >= 0.6 is 31.9 Å². The first-order chi connectivity index (χ1) is 15.8. The molecule has 0 aliphatic heterocycles. The van der Waals surface area contributed by atoms with Crippen molar-refractivity contribution in [3.63, 3.8) is 0 Å². The Kier molecular flexibility index (Phi) is 3.93. The maximum absolute atomic E-state index is 4.23. The predicted octanol–water partition coefficient (Wildman–Crippen LogP) is 8.49. The smallest absolute Gasteiger partial charge is 0.0637 e. The Morgan fingerprint density at radius 1 is 0.562 bits per heavy atom. The van der Waals surface area contributed by atoms with E-state index in [9.17, 15) is 0 Å². The number of alkyl halides is 1. The van der Waals surface area contributed by atoms with Gasteiger partial charge >= 0.3 is 0 Å². The predicted molar refractivity (Wildman–Crippen MR) is 140 cm³/mol. The summed E-state index contributed by atoms with van der Waals surface area (Å²) in [4.78, 5) is 2.34. The van der Waals surface area contributed by atoms with Gasteiger partial charge in [0.25, 0.3) is 0 Å². The van der Waals surface area contributed by atoms with E-state index in [1.165, 1.54) is 61.2 Å². The largest absolute Gasteiger partial charge is 0.0821 e. The van der Waals surface area contributed by atoms with Crippen LogP contribution in [0.1, 0.15) is 22.3 Å². The van der Waals surface area contributed by atoms with Crippen molar-refractivity contribution in [3.8, 4) is 22.3 Å². The molecule has 0 radical (unpaired) electrons. The van der Waals surface area contributed by atoms with E-state index in [2.05, 4.69) is 134 Å². The molecule has 1 atom stereocenters. The van der Waals surface area contributed by atoms with Crippen molar-refractivity contribution < 1.29 is 0 Å². The summed E-state index contributed by atoms with van der Waals surface area (Å²) >= 11 is 8.02. The summed E-state index contributed by atoms with van der Waals surface area (Å²) in [5, 5.41) is 0. The summed E-state index contributed by atoms with van der Waals surface area (Å²) in [6.07, 6.45) is 0. The first kappa shape index (κ1) is 18.8. The number of hydrogen-bond acceptors (Lipinski definition) is 0. The molecule has 152 valence electrons. The number of benzene rings is 4. The van der Waals surface area contributed by atoms with Gasteiger partial charge in [0.1, 0.15) is 0 Å². The van der Waals surface area contributed by atoms with E-state index in [0.29, 0.717) is 0 Å². The first-order valence-corrected chi connectivity index (χ1v) is 12.7. The Labute approximate surface area is 204 Å². The summed E-state index contributed by atoms with van der Waals surface area (Å²) in [6, 6.07) is 35.4. The standard InChI is InChI=1S/C30H18Br2/c31-17-26-28(27-22-13-3-1-9-18(22)19-10-2-4-14-23(19)27)29(32)30(26)24-15-7-5-11-20(24)21-12-6-8-16-25(21)30/h1-17,29H. The zero-order chi connectivity index (χ0) is 21.4. The summed E-state index contributed by atoms with van der Waals surface area (Å²) in [5.74, 6) is 0. The van der Waals surface area contributed by atoms with E-state index in [4.69, 9.17) is 0 Å². The van der Waals surface area contributed by atoms with Crippen LogP contribution in [0.3, 0.4) is 0 Å². The molecule has 0 amide bonds.